The van der Waals surface area contributed by atoms with Crippen LogP contribution in [0.15, 0.2) is 35.3 Å². The van der Waals surface area contributed by atoms with Crippen molar-refractivity contribution in [3.05, 3.63) is 46.5 Å². The summed E-state index contributed by atoms with van der Waals surface area (Å²) in [4.78, 5) is 4.14. The lowest BCUT2D eigenvalue weighted by atomic mass is 10.1. The number of halogens is 4. The van der Waals surface area contributed by atoms with E-state index in [-0.39, 0.29) is 43.1 Å². The highest BCUT2D eigenvalue weighted by Gasteiger charge is 2.20. The standard InChI is InChI=1S/C19H20ClF2N3O4.HI/c1-23-19(24-8-11-3-4-13(20)6-14(11)26-2)25-9-12-5-16-17(28-10-27-16)7-15(12)29-18(21)22;/h3-7,18H,8-10H2,1-2H3,(H2,23,24,25);1H. The summed E-state index contributed by atoms with van der Waals surface area (Å²) in [7, 11) is 3.16. The lowest BCUT2D eigenvalue weighted by Gasteiger charge is -2.16. The third kappa shape index (κ3) is 6.14. The molecule has 0 amide bonds. The van der Waals surface area contributed by atoms with Crippen LogP contribution in [-0.4, -0.2) is 33.5 Å². The average Bonchev–Trinajstić information content (AvgIpc) is 3.15. The summed E-state index contributed by atoms with van der Waals surface area (Å²) in [6, 6.07) is 8.31. The van der Waals surface area contributed by atoms with E-state index >= 15 is 0 Å². The molecule has 0 aliphatic carbocycles. The maximum Gasteiger partial charge on any atom is 0.387 e. The first-order chi connectivity index (χ1) is 14.0. The van der Waals surface area contributed by atoms with Crippen molar-refractivity contribution in [2.45, 2.75) is 19.7 Å². The molecule has 2 N–H and O–H groups in total. The van der Waals surface area contributed by atoms with Gasteiger partial charge < -0.3 is 29.6 Å². The molecule has 11 heteroatoms. The normalized spacial score (nSPS) is 12.4. The van der Waals surface area contributed by atoms with Gasteiger partial charge in [0.1, 0.15) is 11.5 Å². The van der Waals surface area contributed by atoms with Gasteiger partial charge in [-0.05, 0) is 18.2 Å². The average molecular weight is 556 g/mol. The van der Waals surface area contributed by atoms with Crippen LogP contribution in [0.2, 0.25) is 5.02 Å². The van der Waals surface area contributed by atoms with Gasteiger partial charge in [0, 0.05) is 42.4 Å². The van der Waals surface area contributed by atoms with Crippen LogP contribution < -0.4 is 29.6 Å². The Morgan fingerprint density at radius 3 is 2.40 bits per heavy atom. The van der Waals surface area contributed by atoms with E-state index in [0.29, 0.717) is 40.3 Å². The van der Waals surface area contributed by atoms with Gasteiger partial charge in [-0.2, -0.15) is 8.78 Å². The highest BCUT2D eigenvalue weighted by atomic mass is 127. The first-order valence-electron chi connectivity index (χ1n) is 8.64. The van der Waals surface area contributed by atoms with Gasteiger partial charge >= 0.3 is 6.61 Å². The van der Waals surface area contributed by atoms with Crippen molar-refractivity contribution in [3.63, 3.8) is 0 Å². The van der Waals surface area contributed by atoms with Crippen molar-refractivity contribution in [2.24, 2.45) is 4.99 Å². The van der Waals surface area contributed by atoms with Crippen LogP contribution in [0.4, 0.5) is 8.78 Å². The van der Waals surface area contributed by atoms with Crippen LogP contribution in [0.25, 0.3) is 0 Å². The Bertz CT molecular complexity index is 902. The number of benzene rings is 2. The van der Waals surface area contributed by atoms with Crippen molar-refractivity contribution < 1.29 is 27.7 Å². The van der Waals surface area contributed by atoms with E-state index in [0.717, 1.165) is 5.56 Å². The molecule has 0 bridgehead atoms. The largest absolute Gasteiger partial charge is 0.496 e. The summed E-state index contributed by atoms with van der Waals surface area (Å²) in [5.74, 6) is 1.94. The molecule has 0 spiro atoms. The molecule has 30 heavy (non-hydrogen) atoms. The number of nitrogens with zero attached hydrogens (tertiary/aromatic N) is 1. The number of aliphatic imine (C=N–C) groups is 1. The lowest BCUT2D eigenvalue weighted by molar-refractivity contribution is -0.0505. The maximum atomic E-state index is 12.8. The minimum absolute atomic E-state index is 0. The first-order valence-corrected chi connectivity index (χ1v) is 9.02. The van der Waals surface area contributed by atoms with Crippen LogP contribution in [0.1, 0.15) is 11.1 Å². The molecule has 0 atom stereocenters. The predicted octanol–water partition coefficient (Wildman–Crippen LogP) is 4.16. The maximum absolute atomic E-state index is 12.8. The van der Waals surface area contributed by atoms with Gasteiger partial charge in [0.25, 0.3) is 0 Å². The van der Waals surface area contributed by atoms with E-state index in [1.807, 2.05) is 6.07 Å². The van der Waals surface area contributed by atoms with E-state index in [1.165, 1.54) is 6.07 Å². The Kier molecular flexibility index (Phi) is 9.03. The molecule has 0 aromatic heterocycles. The highest BCUT2D eigenvalue weighted by molar-refractivity contribution is 14.0. The Morgan fingerprint density at radius 1 is 1.10 bits per heavy atom. The van der Waals surface area contributed by atoms with E-state index in [2.05, 4.69) is 20.4 Å². The summed E-state index contributed by atoms with van der Waals surface area (Å²) < 4.78 is 46.0. The summed E-state index contributed by atoms with van der Waals surface area (Å²) in [5, 5.41) is 6.77. The fourth-order valence-corrected chi connectivity index (χ4v) is 2.91. The zero-order valence-corrected chi connectivity index (χ0v) is 19.3. The molecule has 0 radical (unpaired) electrons. The van der Waals surface area contributed by atoms with Gasteiger partial charge in [0.15, 0.2) is 17.5 Å². The molecule has 1 heterocycles. The van der Waals surface area contributed by atoms with Gasteiger partial charge in [-0.3, -0.25) is 4.99 Å². The molecule has 7 nitrogen and oxygen atoms in total. The van der Waals surface area contributed by atoms with Crippen LogP contribution in [-0.2, 0) is 13.1 Å². The minimum Gasteiger partial charge on any atom is -0.496 e. The molecule has 164 valence electrons. The molecular formula is C19H21ClF2IN3O4. The fraction of sp³-hybridized carbons (Fsp3) is 0.316. The zero-order chi connectivity index (χ0) is 20.8. The molecule has 2 aromatic carbocycles. The van der Waals surface area contributed by atoms with Crippen molar-refractivity contribution in [2.75, 3.05) is 21.0 Å². The first kappa shape index (κ1) is 24.1. The van der Waals surface area contributed by atoms with Gasteiger partial charge in [-0.15, -0.1) is 24.0 Å². The molecule has 0 saturated heterocycles. The van der Waals surface area contributed by atoms with Crippen LogP contribution >= 0.6 is 35.6 Å². The van der Waals surface area contributed by atoms with Crippen LogP contribution in [0.5, 0.6) is 23.0 Å². The van der Waals surface area contributed by atoms with Gasteiger partial charge in [-0.25, -0.2) is 0 Å². The summed E-state index contributed by atoms with van der Waals surface area (Å²) in [6.07, 6.45) is 0. The number of hydrogen-bond acceptors (Lipinski definition) is 5. The number of alkyl halides is 2. The highest BCUT2D eigenvalue weighted by Crippen LogP contribution is 2.38. The number of fused-ring (bicyclic) bond motifs is 1. The van der Waals surface area contributed by atoms with Crippen LogP contribution in [0.3, 0.4) is 0 Å². The van der Waals surface area contributed by atoms with Gasteiger partial charge in [0.2, 0.25) is 6.79 Å². The fourth-order valence-electron chi connectivity index (χ4n) is 2.75. The summed E-state index contributed by atoms with van der Waals surface area (Å²) >= 11 is 5.97. The smallest absolute Gasteiger partial charge is 0.387 e. The molecule has 3 rings (SSSR count). The third-order valence-electron chi connectivity index (χ3n) is 4.14. The van der Waals surface area contributed by atoms with E-state index in [1.54, 1.807) is 32.4 Å². The minimum atomic E-state index is -2.95. The SMILES string of the molecule is CN=C(NCc1ccc(Cl)cc1OC)NCc1cc2c(cc1OC(F)F)OCO2.I. The number of nitrogens with one attached hydrogen (secondary N) is 2. The summed E-state index contributed by atoms with van der Waals surface area (Å²) in [5.41, 5.74) is 1.35. The van der Waals surface area contributed by atoms with E-state index < -0.39 is 6.61 Å². The molecule has 2 aromatic rings. The van der Waals surface area contributed by atoms with Gasteiger partial charge in [-0.1, -0.05) is 17.7 Å². The molecule has 0 unspecified atom stereocenters. The Morgan fingerprint density at radius 2 is 1.77 bits per heavy atom. The zero-order valence-electron chi connectivity index (χ0n) is 16.2. The van der Waals surface area contributed by atoms with Gasteiger partial charge in [0.05, 0.1) is 7.11 Å². The van der Waals surface area contributed by atoms with Crippen molar-refractivity contribution in [1.29, 1.82) is 0 Å². The van der Waals surface area contributed by atoms with Crippen molar-refractivity contribution in [3.8, 4) is 23.0 Å². The Labute approximate surface area is 194 Å². The molecule has 0 fully saturated rings. The Balaban J connectivity index is 0.00000320. The molecular weight excluding hydrogens is 535 g/mol. The quantitative estimate of drug-likeness (QED) is 0.304. The third-order valence-corrected chi connectivity index (χ3v) is 4.37. The summed E-state index contributed by atoms with van der Waals surface area (Å²) in [6.45, 7) is -2.33. The number of guanidine groups is 1. The predicted molar refractivity (Wildman–Crippen MR) is 120 cm³/mol. The lowest BCUT2D eigenvalue weighted by Crippen LogP contribution is -2.36. The van der Waals surface area contributed by atoms with E-state index in [4.69, 9.17) is 25.8 Å². The van der Waals surface area contributed by atoms with E-state index in [9.17, 15) is 8.78 Å². The number of rotatable bonds is 7. The number of ether oxygens (including phenoxy) is 4. The number of methoxy groups -OCH3 is 1. The molecule has 1 aliphatic heterocycles. The monoisotopic (exact) mass is 555 g/mol. The molecule has 0 saturated carbocycles. The van der Waals surface area contributed by atoms with Crippen molar-refractivity contribution >= 4 is 41.5 Å². The van der Waals surface area contributed by atoms with Crippen molar-refractivity contribution in [1.82, 2.24) is 10.6 Å². The molecule has 1 aliphatic rings. The topological polar surface area (TPSA) is 73.3 Å². The second-order valence-electron chi connectivity index (χ2n) is 5.93. The van der Waals surface area contributed by atoms with Crippen LogP contribution in [0, 0.1) is 0 Å². The Hall–Kier alpha value is -2.21. The number of hydrogen-bond donors (Lipinski definition) is 2. The second kappa shape index (κ2) is 11.3. The second-order valence-corrected chi connectivity index (χ2v) is 6.36.